The number of nitrogens with zero attached hydrogens (tertiary/aromatic N) is 3. The third-order valence-corrected chi connectivity index (χ3v) is 3.47. The van der Waals surface area contributed by atoms with Crippen LogP contribution in [0.5, 0.6) is 0 Å². The van der Waals surface area contributed by atoms with E-state index in [2.05, 4.69) is 27.2 Å². The molecule has 0 saturated carbocycles. The van der Waals surface area contributed by atoms with Crippen molar-refractivity contribution in [1.29, 1.82) is 0 Å². The van der Waals surface area contributed by atoms with E-state index in [0.717, 1.165) is 31.0 Å². The van der Waals surface area contributed by atoms with E-state index < -0.39 is 0 Å². The molecule has 0 bridgehead atoms. The van der Waals surface area contributed by atoms with E-state index in [1.807, 2.05) is 13.0 Å². The Morgan fingerprint density at radius 1 is 1.56 bits per heavy atom. The van der Waals surface area contributed by atoms with Gasteiger partial charge in [-0.2, -0.15) is 0 Å². The first-order valence-corrected chi connectivity index (χ1v) is 6.41. The van der Waals surface area contributed by atoms with Crippen molar-refractivity contribution in [2.75, 3.05) is 23.4 Å². The molecule has 0 aliphatic carbocycles. The van der Waals surface area contributed by atoms with Gasteiger partial charge in [-0.3, -0.25) is 0 Å². The predicted molar refractivity (Wildman–Crippen MR) is 71.2 cm³/mol. The monoisotopic (exact) mass is 251 g/mol. The number of rotatable bonds is 3. The van der Waals surface area contributed by atoms with Gasteiger partial charge in [-0.1, -0.05) is 13.8 Å². The Hall–Kier alpha value is -1.40. The lowest BCUT2D eigenvalue weighted by molar-refractivity contribution is 0.102. The number of aryl methyl sites for hydroxylation is 1. The quantitative estimate of drug-likeness (QED) is 0.536. The maximum absolute atomic E-state index is 9.94. The number of aromatic nitrogens is 2. The number of hydrogen-bond donors (Lipinski definition) is 3. The van der Waals surface area contributed by atoms with Gasteiger partial charge >= 0.3 is 0 Å². The van der Waals surface area contributed by atoms with Crippen molar-refractivity contribution in [2.24, 2.45) is 11.8 Å². The second-order valence-electron chi connectivity index (χ2n) is 4.80. The maximum Gasteiger partial charge on any atom is 0.145 e. The number of aliphatic hydroxyl groups is 1. The molecule has 2 unspecified atom stereocenters. The fraction of sp³-hybridized carbons (Fsp3) is 0.667. The number of hydrazine groups is 1. The van der Waals surface area contributed by atoms with E-state index in [-0.39, 0.29) is 6.10 Å². The molecule has 1 aliphatic rings. The molecule has 2 atom stereocenters. The summed E-state index contributed by atoms with van der Waals surface area (Å²) in [6.07, 6.45) is 1.43. The van der Waals surface area contributed by atoms with Crippen LogP contribution in [0.15, 0.2) is 6.07 Å². The lowest BCUT2D eigenvalue weighted by Crippen LogP contribution is -2.43. The predicted octanol–water partition coefficient (Wildman–Crippen LogP) is 0.532. The van der Waals surface area contributed by atoms with Gasteiger partial charge in [-0.25, -0.2) is 15.8 Å². The minimum atomic E-state index is -0.298. The highest BCUT2D eigenvalue weighted by Gasteiger charge is 2.25. The normalized spacial score (nSPS) is 24.1. The molecular weight excluding hydrogens is 230 g/mol. The van der Waals surface area contributed by atoms with Crippen molar-refractivity contribution in [3.05, 3.63) is 11.9 Å². The Morgan fingerprint density at radius 3 is 2.94 bits per heavy atom. The number of hydrogen-bond acceptors (Lipinski definition) is 6. The van der Waals surface area contributed by atoms with Crippen LogP contribution in [0.4, 0.5) is 11.6 Å². The van der Waals surface area contributed by atoms with Crippen LogP contribution in [0.1, 0.15) is 26.1 Å². The number of anilines is 2. The minimum Gasteiger partial charge on any atom is -0.391 e. The number of nitrogen functional groups attached to an aromatic ring is 1. The van der Waals surface area contributed by atoms with Crippen LogP contribution in [-0.2, 0) is 6.42 Å². The van der Waals surface area contributed by atoms with E-state index in [4.69, 9.17) is 5.84 Å². The summed E-state index contributed by atoms with van der Waals surface area (Å²) in [7, 11) is 0. The fourth-order valence-corrected chi connectivity index (χ4v) is 2.13. The number of β-amino-alcohol motifs (C(OH)–C–C–N with tert-alkyl or cyclic N) is 1. The third kappa shape index (κ3) is 2.70. The van der Waals surface area contributed by atoms with Gasteiger partial charge in [0.2, 0.25) is 0 Å². The van der Waals surface area contributed by atoms with Crippen LogP contribution in [-0.4, -0.2) is 34.3 Å². The molecule has 1 saturated heterocycles. The molecule has 1 fully saturated rings. The van der Waals surface area contributed by atoms with Crippen molar-refractivity contribution in [3.8, 4) is 0 Å². The molecular formula is C12H21N5O. The summed E-state index contributed by atoms with van der Waals surface area (Å²) in [5, 5.41) is 9.94. The van der Waals surface area contributed by atoms with Crippen LogP contribution >= 0.6 is 0 Å². The molecule has 2 rings (SSSR count). The van der Waals surface area contributed by atoms with Crippen LogP contribution in [0.25, 0.3) is 0 Å². The van der Waals surface area contributed by atoms with Gasteiger partial charge in [-0.05, 0) is 12.3 Å². The topological polar surface area (TPSA) is 87.3 Å². The molecule has 0 radical (unpaired) electrons. The Kier molecular flexibility index (Phi) is 3.98. The second-order valence-corrected chi connectivity index (χ2v) is 4.80. The third-order valence-electron chi connectivity index (χ3n) is 3.47. The zero-order valence-electron chi connectivity index (χ0n) is 10.9. The summed E-state index contributed by atoms with van der Waals surface area (Å²) in [4.78, 5) is 10.8. The molecule has 1 aromatic rings. The zero-order valence-corrected chi connectivity index (χ0v) is 10.9. The SMILES string of the molecule is CCc1nc(NN)cc(N2CCC(C)C(O)C2)n1. The highest BCUT2D eigenvalue weighted by Crippen LogP contribution is 2.23. The first-order valence-electron chi connectivity index (χ1n) is 6.41. The van der Waals surface area contributed by atoms with Gasteiger partial charge in [0.25, 0.3) is 0 Å². The van der Waals surface area contributed by atoms with E-state index in [1.165, 1.54) is 0 Å². The molecule has 0 spiro atoms. The van der Waals surface area contributed by atoms with Crippen molar-refractivity contribution >= 4 is 11.6 Å². The largest absolute Gasteiger partial charge is 0.391 e. The van der Waals surface area contributed by atoms with Crippen LogP contribution < -0.4 is 16.2 Å². The number of aliphatic hydroxyl groups excluding tert-OH is 1. The highest BCUT2D eigenvalue weighted by atomic mass is 16.3. The lowest BCUT2D eigenvalue weighted by Gasteiger charge is -2.35. The molecule has 100 valence electrons. The highest BCUT2D eigenvalue weighted by molar-refractivity contribution is 5.49. The number of nitrogens with one attached hydrogen (secondary N) is 1. The van der Waals surface area contributed by atoms with Crippen LogP contribution in [0.3, 0.4) is 0 Å². The Labute approximate surface area is 107 Å². The number of piperidine rings is 1. The van der Waals surface area contributed by atoms with Gasteiger partial charge in [0.1, 0.15) is 17.5 Å². The van der Waals surface area contributed by atoms with E-state index in [1.54, 1.807) is 0 Å². The molecule has 0 aromatic carbocycles. The zero-order chi connectivity index (χ0) is 13.1. The average molecular weight is 251 g/mol. The van der Waals surface area contributed by atoms with E-state index in [9.17, 15) is 5.11 Å². The summed E-state index contributed by atoms with van der Waals surface area (Å²) in [6, 6.07) is 1.82. The standard InChI is InChI=1S/C12H21N5O/c1-3-10-14-11(16-13)6-12(15-10)17-5-4-8(2)9(18)7-17/h6,8-9,18H,3-5,7,13H2,1-2H3,(H,14,15,16). The summed E-state index contributed by atoms with van der Waals surface area (Å²) in [6.45, 7) is 5.60. The van der Waals surface area contributed by atoms with Crippen molar-refractivity contribution in [3.63, 3.8) is 0 Å². The van der Waals surface area contributed by atoms with E-state index in [0.29, 0.717) is 18.3 Å². The van der Waals surface area contributed by atoms with Crippen LogP contribution in [0, 0.1) is 5.92 Å². The van der Waals surface area contributed by atoms with Gasteiger partial charge in [0, 0.05) is 25.6 Å². The Balaban J connectivity index is 2.22. The van der Waals surface area contributed by atoms with Gasteiger partial charge < -0.3 is 15.4 Å². The first kappa shape index (κ1) is 13.0. The molecule has 6 heteroatoms. The molecule has 1 aliphatic heterocycles. The maximum atomic E-state index is 9.94. The smallest absolute Gasteiger partial charge is 0.145 e. The first-order chi connectivity index (χ1) is 8.63. The molecule has 0 amide bonds. The Morgan fingerprint density at radius 2 is 2.33 bits per heavy atom. The lowest BCUT2D eigenvalue weighted by atomic mass is 9.96. The summed E-state index contributed by atoms with van der Waals surface area (Å²) >= 11 is 0. The Bertz CT molecular complexity index is 389. The second kappa shape index (κ2) is 5.49. The summed E-state index contributed by atoms with van der Waals surface area (Å²) < 4.78 is 0. The summed E-state index contributed by atoms with van der Waals surface area (Å²) in [5.74, 6) is 7.97. The van der Waals surface area contributed by atoms with Gasteiger partial charge in [-0.15, -0.1) is 0 Å². The molecule has 2 heterocycles. The van der Waals surface area contributed by atoms with Crippen molar-refractivity contribution in [1.82, 2.24) is 9.97 Å². The molecule has 4 N–H and O–H groups in total. The average Bonchev–Trinajstić information content (AvgIpc) is 2.41. The molecule has 1 aromatic heterocycles. The van der Waals surface area contributed by atoms with Crippen molar-refractivity contribution < 1.29 is 5.11 Å². The minimum absolute atomic E-state index is 0.298. The fourth-order valence-electron chi connectivity index (χ4n) is 2.13. The molecule has 18 heavy (non-hydrogen) atoms. The summed E-state index contributed by atoms with van der Waals surface area (Å²) in [5.41, 5.74) is 2.56. The van der Waals surface area contributed by atoms with Gasteiger partial charge in [0.05, 0.1) is 6.10 Å². The molecule has 6 nitrogen and oxygen atoms in total. The number of nitrogens with two attached hydrogens (primary N) is 1. The van der Waals surface area contributed by atoms with E-state index >= 15 is 0 Å². The van der Waals surface area contributed by atoms with Crippen molar-refractivity contribution in [2.45, 2.75) is 32.8 Å². The van der Waals surface area contributed by atoms with Gasteiger partial charge in [0.15, 0.2) is 0 Å². The van der Waals surface area contributed by atoms with Crippen LogP contribution in [0.2, 0.25) is 0 Å².